The molecule has 1 aromatic carbocycles. The Kier molecular flexibility index (Phi) is 4.26. The summed E-state index contributed by atoms with van der Waals surface area (Å²) in [6, 6.07) is 7.15. The molecule has 0 atom stereocenters. The SMILES string of the molecule is CO/C=C(/C(=O)OC)c1oc2nc(-c3ccc(Cl)cc3)nn2c1C. The molecule has 0 spiro atoms. The van der Waals surface area contributed by atoms with E-state index in [1.807, 2.05) is 12.1 Å². The third-order valence-electron chi connectivity index (χ3n) is 3.41. The number of ether oxygens (including phenoxy) is 2. The number of aromatic nitrogens is 3. The van der Waals surface area contributed by atoms with Gasteiger partial charge in [0.05, 0.1) is 19.9 Å². The highest BCUT2D eigenvalue weighted by Crippen LogP contribution is 2.26. The predicted molar refractivity (Wildman–Crippen MR) is 87.4 cm³/mol. The van der Waals surface area contributed by atoms with E-state index in [1.54, 1.807) is 19.1 Å². The van der Waals surface area contributed by atoms with Crippen LogP contribution in [0.5, 0.6) is 0 Å². The molecule has 0 radical (unpaired) electrons. The molecule has 0 saturated carbocycles. The van der Waals surface area contributed by atoms with Crippen LogP contribution in [0.25, 0.3) is 22.8 Å². The fourth-order valence-corrected chi connectivity index (χ4v) is 2.36. The average Bonchev–Trinajstić information content (AvgIpc) is 3.12. The van der Waals surface area contributed by atoms with Crippen molar-refractivity contribution in [3.05, 3.63) is 47.0 Å². The maximum Gasteiger partial charge on any atom is 0.344 e. The lowest BCUT2D eigenvalue weighted by Crippen LogP contribution is -2.05. The van der Waals surface area contributed by atoms with Crippen LogP contribution in [0.2, 0.25) is 5.02 Å². The number of carbonyl (C=O) groups excluding carboxylic acids is 1. The molecular weight excluding hydrogens is 334 g/mol. The number of rotatable bonds is 4. The van der Waals surface area contributed by atoms with E-state index in [1.165, 1.54) is 25.0 Å². The number of esters is 1. The number of aryl methyl sites for hydroxylation is 1. The van der Waals surface area contributed by atoms with Crippen molar-refractivity contribution in [3.63, 3.8) is 0 Å². The molecule has 0 amide bonds. The zero-order valence-electron chi connectivity index (χ0n) is 13.2. The van der Waals surface area contributed by atoms with E-state index in [0.717, 1.165) is 5.56 Å². The van der Waals surface area contributed by atoms with E-state index in [9.17, 15) is 4.79 Å². The third-order valence-corrected chi connectivity index (χ3v) is 3.66. The van der Waals surface area contributed by atoms with E-state index in [0.29, 0.717) is 22.3 Å². The first kappa shape index (κ1) is 16.1. The molecule has 124 valence electrons. The first-order valence-corrected chi connectivity index (χ1v) is 7.36. The van der Waals surface area contributed by atoms with Gasteiger partial charge in [-0.25, -0.2) is 4.79 Å². The minimum Gasteiger partial charge on any atom is -0.503 e. The van der Waals surface area contributed by atoms with Crippen LogP contribution in [0, 0.1) is 6.92 Å². The van der Waals surface area contributed by atoms with Gasteiger partial charge in [-0.05, 0) is 31.2 Å². The molecule has 2 heterocycles. The van der Waals surface area contributed by atoms with Gasteiger partial charge < -0.3 is 13.9 Å². The molecule has 7 nitrogen and oxygen atoms in total. The molecule has 0 aliphatic carbocycles. The predicted octanol–water partition coefficient (Wildman–Crippen LogP) is 3.11. The lowest BCUT2D eigenvalue weighted by molar-refractivity contribution is -0.133. The van der Waals surface area contributed by atoms with E-state index >= 15 is 0 Å². The summed E-state index contributed by atoms with van der Waals surface area (Å²) in [5.41, 5.74) is 1.56. The largest absolute Gasteiger partial charge is 0.503 e. The van der Waals surface area contributed by atoms with Crippen LogP contribution >= 0.6 is 11.6 Å². The second-order valence-electron chi connectivity index (χ2n) is 4.91. The number of oxazole rings is 1. The summed E-state index contributed by atoms with van der Waals surface area (Å²) in [5.74, 6) is 0.477. The van der Waals surface area contributed by atoms with Gasteiger partial charge in [-0.1, -0.05) is 11.6 Å². The molecule has 3 rings (SSSR count). The Morgan fingerprint density at radius 2 is 2.00 bits per heavy atom. The van der Waals surface area contributed by atoms with Crippen LogP contribution in [0.4, 0.5) is 0 Å². The lowest BCUT2D eigenvalue weighted by Gasteiger charge is -2.02. The monoisotopic (exact) mass is 347 g/mol. The van der Waals surface area contributed by atoms with Crippen LogP contribution < -0.4 is 0 Å². The third kappa shape index (κ3) is 2.74. The van der Waals surface area contributed by atoms with Crippen LogP contribution in [-0.2, 0) is 14.3 Å². The summed E-state index contributed by atoms with van der Waals surface area (Å²) in [6.07, 6.45) is 1.26. The first-order valence-electron chi connectivity index (χ1n) is 6.99. The van der Waals surface area contributed by atoms with Gasteiger partial charge in [-0.2, -0.15) is 9.50 Å². The Labute approximate surface area is 142 Å². The van der Waals surface area contributed by atoms with E-state index in [-0.39, 0.29) is 11.4 Å². The normalized spacial score (nSPS) is 11.8. The molecule has 0 saturated heterocycles. The van der Waals surface area contributed by atoms with Crippen molar-refractivity contribution in [1.29, 1.82) is 0 Å². The average molecular weight is 348 g/mol. The van der Waals surface area contributed by atoms with Gasteiger partial charge in [0.2, 0.25) is 0 Å². The van der Waals surface area contributed by atoms with Gasteiger partial charge >= 0.3 is 11.8 Å². The quantitative estimate of drug-likeness (QED) is 0.410. The number of fused-ring (bicyclic) bond motifs is 1. The van der Waals surface area contributed by atoms with Crippen LogP contribution in [-0.4, -0.2) is 34.8 Å². The Hall–Kier alpha value is -2.80. The molecule has 0 aliphatic rings. The van der Waals surface area contributed by atoms with Crippen LogP contribution in [0.1, 0.15) is 11.5 Å². The smallest absolute Gasteiger partial charge is 0.344 e. The number of nitrogens with zero attached hydrogens (tertiary/aromatic N) is 3. The Bertz CT molecular complexity index is 925. The molecule has 8 heteroatoms. The van der Waals surface area contributed by atoms with Gasteiger partial charge in [-0.15, -0.1) is 5.10 Å². The second-order valence-corrected chi connectivity index (χ2v) is 5.35. The van der Waals surface area contributed by atoms with E-state index in [4.69, 9.17) is 25.5 Å². The number of carbonyl (C=O) groups is 1. The van der Waals surface area contributed by atoms with Crippen molar-refractivity contribution in [2.45, 2.75) is 6.92 Å². The molecule has 2 aromatic heterocycles. The van der Waals surface area contributed by atoms with Gasteiger partial charge in [0.15, 0.2) is 11.6 Å². The fourth-order valence-electron chi connectivity index (χ4n) is 2.24. The minimum absolute atomic E-state index is 0.151. The Morgan fingerprint density at radius 3 is 2.58 bits per heavy atom. The molecule has 24 heavy (non-hydrogen) atoms. The lowest BCUT2D eigenvalue weighted by atomic mass is 10.2. The minimum atomic E-state index is -0.574. The van der Waals surface area contributed by atoms with Gasteiger partial charge in [0, 0.05) is 10.6 Å². The van der Waals surface area contributed by atoms with Crippen molar-refractivity contribution >= 4 is 29.0 Å². The van der Waals surface area contributed by atoms with Crippen LogP contribution in [0.3, 0.4) is 0 Å². The highest BCUT2D eigenvalue weighted by molar-refractivity contribution is 6.30. The fraction of sp³-hybridized carbons (Fsp3) is 0.188. The molecule has 0 fully saturated rings. The molecule has 0 unspecified atom stereocenters. The number of hydrogen-bond donors (Lipinski definition) is 0. The van der Waals surface area contributed by atoms with Gasteiger partial charge in [0.1, 0.15) is 11.8 Å². The molecule has 0 bridgehead atoms. The standard InChI is InChI=1S/C16H14ClN3O4/c1-9-13(12(8-22-2)15(21)23-3)24-16-18-14(19-20(9)16)10-4-6-11(17)7-5-10/h4-8H,1-3H3/b12-8+. The highest BCUT2D eigenvalue weighted by atomic mass is 35.5. The number of methoxy groups -OCH3 is 2. The highest BCUT2D eigenvalue weighted by Gasteiger charge is 2.24. The summed E-state index contributed by atoms with van der Waals surface area (Å²) in [4.78, 5) is 16.2. The van der Waals surface area contributed by atoms with E-state index < -0.39 is 5.97 Å². The Morgan fingerprint density at radius 1 is 1.29 bits per heavy atom. The maximum atomic E-state index is 11.9. The Balaban J connectivity index is 2.07. The molecule has 3 aromatic rings. The summed E-state index contributed by atoms with van der Waals surface area (Å²) in [6.45, 7) is 1.76. The van der Waals surface area contributed by atoms with Crippen molar-refractivity contribution in [2.75, 3.05) is 14.2 Å². The molecule has 0 N–H and O–H groups in total. The van der Waals surface area contributed by atoms with Crippen molar-refractivity contribution in [2.24, 2.45) is 0 Å². The summed E-state index contributed by atoms with van der Waals surface area (Å²) < 4.78 is 16.9. The molecular formula is C16H14ClN3O4. The van der Waals surface area contributed by atoms with Crippen molar-refractivity contribution < 1.29 is 18.7 Å². The second kappa shape index (κ2) is 6.37. The zero-order valence-corrected chi connectivity index (χ0v) is 14.0. The van der Waals surface area contributed by atoms with Gasteiger partial charge in [-0.3, -0.25) is 0 Å². The number of benzene rings is 1. The maximum absolute atomic E-state index is 11.9. The molecule has 0 aliphatic heterocycles. The van der Waals surface area contributed by atoms with E-state index in [2.05, 4.69) is 10.1 Å². The van der Waals surface area contributed by atoms with Crippen molar-refractivity contribution in [1.82, 2.24) is 14.6 Å². The van der Waals surface area contributed by atoms with Crippen LogP contribution in [0.15, 0.2) is 34.9 Å². The summed E-state index contributed by atoms with van der Waals surface area (Å²) >= 11 is 5.88. The number of halogens is 1. The zero-order chi connectivity index (χ0) is 17.3. The summed E-state index contributed by atoms with van der Waals surface area (Å²) in [5, 5.41) is 5.04. The summed E-state index contributed by atoms with van der Waals surface area (Å²) in [7, 11) is 2.72. The van der Waals surface area contributed by atoms with Gasteiger partial charge in [0.25, 0.3) is 0 Å². The topological polar surface area (TPSA) is 78.9 Å². The first-order chi connectivity index (χ1) is 11.5. The van der Waals surface area contributed by atoms with Crippen molar-refractivity contribution in [3.8, 4) is 11.4 Å². The number of hydrogen-bond acceptors (Lipinski definition) is 6.